The Labute approximate surface area is 266 Å². The molecule has 8 nitrogen and oxygen atoms in total. The molecular formula is C32H29ClF3N3O5S. The van der Waals surface area contributed by atoms with Crippen LogP contribution in [0.1, 0.15) is 49.2 Å². The number of hydrogen-bond donors (Lipinski definition) is 1. The number of aromatic nitrogens is 2. The van der Waals surface area contributed by atoms with Crippen LogP contribution in [0, 0.1) is 17.5 Å². The highest BCUT2D eigenvalue weighted by Crippen LogP contribution is 2.39. The molecule has 3 aromatic carbocycles. The van der Waals surface area contributed by atoms with Gasteiger partial charge in [-0.1, -0.05) is 43.3 Å². The van der Waals surface area contributed by atoms with Gasteiger partial charge in [0.2, 0.25) is 5.78 Å². The fourth-order valence-corrected chi connectivity index (χ4v) is 5.86. The summed E-state index contributed by atoms with van der Waals surface area (Å²) in [5.41, 5.74) is 0.817. The van der Waals surface area contributed by atoms with Gasteiger partial charge in [-0.25, -0.2) is 22.9 Å². The maximum atomic E-state index is 15.3. The number of nitrogens with zero attached hydrogens (tertiary/aromatic N) is 2. The molecule has 1 amide bonds. The first kappa shape index (κ1) is 33.6. The lowest BCUT2D eigenvalue weighted by Gasteiger charge is -2.28. The van der Waals surface area contributed by atoms with Gasteiger partial charge in [-0.15, -0.1) is 0 Å². The number of rotatable bonds is 12. The van der Waals surface area contributed by atoms with Gasteiger partial charge >= 0.3 is 6.09 Å². The highest BCUT2D eigenvalue weighted by molar-refractivity contribution is 7.98. The highest BCUT2D eigenvalue weighted by atomic mass is 35.5. The summed E-state index contributed by atoms with van der Waals surface area (Å²) in [7, 11) is 1.51. The Hall–Kier alpha value is -4.29. The van der Waals surface area contributed by atoms with E-state index in [0.717, 1.165) is 29.5 Å². The molecule has 0 saturated carbocycles. The molecule has 13 heteroatoms. The van der Waals surface area contributed by atoms with Crippen molar-refractivity contribution in [3.05, 3.63) is 106 Å². The summed E-state index contributed by atoms with van der Waals surface area (Å²) < 4.78 is 56.4. The van der Waals surface area contributed by atoms with E-state index in [4.69, 9.17) is 21.1 Å². The number of aldehydes is 1. The number of ketones is 1. The van der Waals surface area contributed by atoms with Gasteiger partial charge in [0.15, 0.2) is 11.4 Å². The molecule has 0 bridgehead atoms. The second kappa shape index (κ2) is 14.2. The molecule has 0 radical (unpaired) electrons. The minimum absolute atomic E-state index is 0.0206. The molecule has 1 unspecified atom stereocenters. The third kappa shape index (κ3) is 7.34. The van der Waals surface area contributed by atoms with Crippen molar-refractivity contribution < 1.29 is 37.0 Å². The topological polar surface area (TPSA) is 99.5 Å². The van der Waals surface area contributed by atoms with Gasteiger partial charge in [0.1, 0.15) is 29.2 Å². The van der Waals surface area contributed by atoms with Crippen molar-refractivity contribution >= 4 is 41.5 Å². The van der Waals surface area contributed by atoms with Crippen molar-refractivity contribution in [3.63, 3.8) is 0 Å². The maximum absolute atomic E-state index is 15.3. The van der Waals surface area contributed by atoms with E-state index in [2.05, 4.69) is 10.3 Å². The second-order valence-corrected chi connectivity index (χ2v) is 11.6. The lowest BCUT2D eigenvalue weighted by atomic mass is 9.81. The summed E-state index contributed by atoms with van der Waals surface area (Å²) in [6, 6.07) is 11.2. The molecule has 45 heavy (non-hydrogen) atoms. The molecule has 4 rings (SSSR count). The Balaban J connectivity index is 1.71. The van der Waals surface area contributed by atoms with E-state index in [1.54, 1.807) is 29.0 Å². The van der Waals surface area contributed by atoms with Crippen molar-refractivity contribution in [1.82, 2.24) is 14.9 Å². The van der Waals surface area contributed by atoms with Crippen molar-refractivity contribution in [2.24, 2.45) is 0 Å². The number of Topliss-reactive ketones (excluding diaryl/α,β-unsaturated/α-hetero) is 1. The van der Waals surface area contributed by atoms with Gasteiger partial charge in [0, 0.05) is 22.4 Å². The van der Waals surface area contributed by atoms with Gasteiger partial charge in [-0.3, -0.25) is 14.2 Å². The maximum Gasteiger partial charge on any atom is 0.407 e. The Bertz CT molecular complexity index is 1710. The largest absolute Gasteiger partial charge is 0.495 e. The van der Waals surface area contributed by atoms with Crippen LogP contribution in [0.2, 0.25) is 5.02 Å². The zero-order valence-corrected chi connectivity index (χ0v) is 26.3. The summed E-state index contributed by atoms with van der Waals surface area (Å²) >= 11 is 7.28. The fraction of sp³-hybridized carbons (Fsp3) is 0.250. The molecule has 0 aliphatic rings. The van der Waals surface area contributed by atoms with Crippen LogP contribution < -0.4 is 10.1 Å². The summed E-state index contributed by atoms with van der Waals surface area (Å²) in [4.78, 5) is 39.8. The first-order valence-electron chi connectivity index (χ1n) is 13.6. The Morgan fingerprint density at radius 1 is 1.09 bits per heavy atom. The Kier molecular flexibility index (Phi) is 10.6. The quantitative estimate of drug-likeness (QED) is 0.0982. The van der Waals surface area contributed by atoms with Crippen LogP contribution in [0.25, 0.3) is 5.69 Å². The normalized spacial score (nSPS) is 12.0. The third-order valence-electron chi connectivity index (χ3n) is 7.11. The lowest BCUT2D eigenvalue weighted by Crippen LogP contribution is -2.35. The van der Waals surface area contributed by atoms with E-state index in [-0.39, 0.29) is 29.8 Å². The molecule has 0 aliphatic carbocycles. The number of halogens is 4. The van der Waals surface area contributed by atoms with Gasteiger partial charge in [0.25, 0.3) is 0 Å². The molecule has 236 valence electrons. The van der Waals surface area contributed by atoms with Crippen LogP contribution in [0.3, 0.4) is 0 Å². The van der Waals surface area contributed by atoms with Crippen LogP contribution in [0.5, 0.6) is 5.75 Å². The van der Waals surface area contributed by atoms with E-state index in [0.29, 0.717) is 27.3 Å². The molecule has 1 aromatic heterocycles. The van der Waals surface area contributed by atoms with Crippen molar-refractivity contribution in [2.75, 3.05) is 13.7 Å². The zero-order valence-electron chi connectivity index (χ0n) is 24.7. The standard InChI is InChI=1S/C32H29ClF3N3O5S/c1-5-44-31(42)38-29(26(41)16-40)18-12-24(35)22(25(36)13-18)17-45-30-37-15-28(39(30)21-9-7-20(34)8-10-21)32(2,3)19-6-11-23(33)27(14-19)43-4/h6-16,29H,5,17H2,1-4H3,(H,38,42). The van der Waals surface area contributed by atoms with Crippen LogP contribution in [-0.4, -0.2) is 41.4 Å². The number of thioether (sulfide) groups is 1. The molecule has 1 atom stereocenters. The summed E-state index contributed by atoms with van der Waals surface area (Å²) in [5, 5.41) is 2.96. The van der Waals surface area contributed by atoms with Crippen LogP contribution in [-0.2, 0) is 25.5 Å². The molecular weight excluding hydrogens is 631 g/mol. The smallest absolute Gasteiger partial charge is 0.407 e. The van der Waals surface area contributed by atoms with E-state index >= 15 is 8.78 Å². The van der Waals surface area contributed by atoms with Crippen LogP contribution in [0.4, 0.5) is 18.0 Å². The molecule has 1 N–H and O–H groups in total. The molecule has 4 aromatic rings. The predicted molar refractivity (Wildman–Crippen MR) is 164 cm³/mol. The number of carbonyl (C=O) groups excluding carboxylic acids is 3. The first-order chi connectivity index (χ1) is 21.4. The van der Waals surface area contributed by atoms with E-state index in [1.165, 1.54) is 26.2 Å². The lowest BCUT2D eigenvalue weighted by molar-refractivity contribution is -0.131. The van der Waals surface area contributed by atoms with Crippen LogP contribution in [0.15, 0.2) is 66.0 Å². The number of alkyl carbamates (subject to hydrolysis) is 1. The van der Waals surface area contributed by atoms with Crippen molar-refractivity contribution in [1.29, 1.82) is 0 Å². The number of ether oxygens (including phenoxy) is 2. The number of imidazole rings is 1. The minimum Gasteiger partial charge on any atom is -0.495 e. The summed E-state index contributed by atoms with van der Waals surface area (Å²) in [6.07, 6.45) is 0.561. The average molecular weight is 660 g/mol. The van der Waals surface area contributed by atoms with E-state index in [9.17, 15) is 18.8 Å². The first-order valence-corrected chi connectivity index (χ1v) is 15.0. The summed E-state index contributed by atoms with van der Waals surface area (Å²) in [6.45, 7) is 5.43. The predicted octanol–water partition coefficient (Wildman–Crippen LogP) is 7.13. The molecule has 1 heterocycles. The van der Waals surface area contributed by atoms with Gasteiger partial charge in [-0.05, 0) is 66.6 Å². The zero-order chi connectivity index (χ0) is 32.9. The Morgan fingerprint density at radius 3 is 2.36 bits per heavy atom. The number of amides is 1. The average Bonchev–Trinajstić information content (AvgIpc) is 3.44. The summed E-state index contributed by atoms with van der Waals surface area (Å²) in [5.74, 6) is -3.29. The number of carbonyl (C=O) groups is 3. The molecule has 0 spiro atoms. The van der Waals surface area contributed by atoms with Gasteiger partial charge in [-0.2, -0.15) is 0 Å². The van der Waals surface area contributed by atoms with Gasteiger partial charge < -0.3 is 14.8 Å². The number of benzene rings is 3. The van der Waals surface area contributed by atoms with Crippen molar-refractivity contribution in [3.8, 4) is 11.4 Å². The van der Waals surface area contributed by atoms with E-state index < -0.39 is 40.8 Å². The SMILES string of the molecule is CCOC(=O)NC(C(=O)C=O)c1cc(F)c(CSc2ncc(C(C)(C)c3ccc(Cl)c(OC)c3)n2-c2ccc(F)cc2)c(F)c1. The molecule has 0 fully saturated rings. The number of nitrogens with one attached hydrogen (secondary N) is 1. The molecule has 0 aliphatic heterocycles. The minimum atomic E-state index is -1.64. The Morgan fingerprint density at radius 2 is 1.76 bits per heavy atom. The second-order valence-electron chi connectivity index (χ2n) is 10.3. The van der Waals surface area contributed by atoms with E-state index in [1.807, 2.05) is 26.0 Å². The van der Waals surface area contributed by atoms with Gasteiger partial charge in [0.05, 0.1) is 30.6 Å². The highest BCUT2D eigenvalue weighted by Gasteiger charge is 2.31. The number of methoxy groups -OCH3 is 1. The van der Waals surface area contributed by atoms with Crippen molar-refractivity contribution in [2.45, 2.75) is 43.1 Å². The third-order valence-corrected chi connectivity index (χ3v) is 8.40. The number of hydrogen-bond acceptors (Lipinski definition) is 7. The monoisotopic (exact) mass is 659 g/mol. The molecule has 0 saturated heterocycles. The fourth-order valence-electron chi connectivity index (χ4n) is 4.65. The van der Waals surface area contributed by atoms with Crippen LogP contribution >= 0.6 is 23.4 Å².